The predicted octanol–water partition coefficient (Wildman–Crippen LogP) is 6.40. The van der Waals surface area contributed by atoms with Crippen LogP contribution in [-0.4, -0.2) is 29.3 Å². The van der Waals surface area contributed by atoms with Gasteiger partial charge >= 0.3 is 5.97 Å². The molecule has 0 bridgehead atoms. The van der Waals surface area contributed by atoms with Crippen molar-refractivity contribution in [1.82, 2.24) is 4.98 Å². The smallest absolute Gasteiger partial charge is 0.313 e. The van der Waals surface area contributed by atoms with Gasteiger partial charge in [0, 0.05) is 5.39 Å². The number of hydrogen-bond donors (Lipinski definition) is 0. The van der Waals surface area contributed by atoms with Crippen LogP contribution in [0.4, 0.5) is 0 Å². The second-order valence-electron chi connectivity index (χ2n) is 9.51. The lowest BCUT2D eigenvalue weighted by atomic mass is 9.85. The highest BCUT2D eigenvalue weighted by atomic mass is 16.9. The van der Waals surface area contributed by atoms with Gasteiger partial charge in [-0.1, -0.05) is 55.7 Å². The summed E-state index contributed by atoms with van der Waals surface area (Å²) in [4.78, 5) is 32.2. The molecule has 1 saturated carbocycles. The third-order valence-corrected chi connectivity index (χ3v) is 6.89. The van der Waals surface area contributed by atoms with E-state index in [1.807, 2.05) is 60.7 Å². The Morgan fingerprint density at radius 2 is 1.68 bits per heavy atom. The Kier molecular flexibility index (Phi) is 9.68. The number of esters is 1. The van der Waals surface area contributed by atoms with E-state index in [1.165, 1.54) is 0 Å². The van der Waals surface area contributed by atoms with E-state index in [1.54, 1.807) is 0 Å². The fourth-order valence-corrected chi connectivity index (χ4v) is 4.97. The fourth-order valence-electron chi connectivity index (χ4n) is 4.97. The molecule has 1 fully saturated rings. The van der Waals surface area contributed by atoms with E-state index in [4.69, 9.17) is 9.47 Å². The molecule has 1 aliphatic rings. The van der Waals surface area contributed by atoms with Crippen molar-refractivity contribution >= 4 is 16.9 Å². The maximum absolute atomic E-state index is 13.1. The molecule has 0 unspecified atom stereocenters. The normalized spacial score (nSPS) is 14.4. The Labute approximate surface area is 217 Å². The number of pyridine rings is 1. The number of ether oxygens (including phenoxy) is 2. The van der Waals surface area contributed by atoms with Gasteiger partial charge in [-0.05, 0) is 67.9 Å². The van der Waals surface area contributed by atoms with Crippen molar-refractivity contribution in [2.75, 3.05) is 13.2 Å². The van der Waals surface area contributed by atoms with Crippen molar-refractivity contribution in [2.45, 2.75) is 63.9 Å². The molecule has 4 rings (SSSR count). The van der Waals surface area contributed by atoms with E-state index in [-0.39, 0.29) is 18.5 Å². The average Bonchev–Trinajstić information content (AvgIpc) is 3.44. The van der Waals surface area contributed by atoms with Gasteiger partial charge in [-0.2, -0.15) is 0 Å². The molecule has 8 heteroatoms. The van der Waals surface area contributed by atoms with Crippen LogP contribution in [0.25, 0.3) is 10.9 Å². The number of nitrogens with zero attached hydrogens (tertiary/aromatic N) is 2. The molecule has 0 N–H and O–H groups in total. The summed E-state index contributed by atoms with van der Waals surface area (Å²) in [7, 11) is 0. The SMILES string of the molecule is O=C(OCCCCCCO[N+](=O)[O-])[C@@H](c1ccc(OCc2ccc3ccccc3n2)cc1)C1CCCC1. The van der Waals surface area contributed by atoms with Gasteiger partial charge in [0.15, 0.2) is 0 Å². The lowest BCUT2D eigenvalue weighted by molar-refractivity contribution is -0.757. The maximum Gasteiger partial charge on any atom is 0.313 e. The predicted molar refractivity (Wildman–Crippen MR) is 140 cm³/mol. The maximum atomic E-state index is 13.1. The quantitative estimate of drug-likeness (QED) is 0.108. The molecule has 0 saturated heterocycles. The first kappa shape index (κ1) is 26.4. The van der Waals surface area contributed by atoms with Gasteiger partial charge in [-0.15, -0.1) is 10.1 Å². The lowest BCUT2D eigenvalue weighted by Crippen LogP contribution is -2.23. The van der Waals surface area contributed by atoms with Crippen LogP contribution in [0.5, 0.6) is 5.75 Å². The first-order chi connectivity index (χ1) is 18.1. The highest BCUT2D eigenvalue weighted by Gasteiger charge is 2.33. The molecule has 196 valence electrons. The van der Waals surface area contributed by atoms with Gasteiger partial charge < -0.3 is 14.3 Å². The molecule has 0 radical (unpaired) electrons. The Morgan fingerprint density at radius 1 is 0.946 bits per heavy atom. The van der Waals surface area contributed by atoms with Crippen LogP contribution in [0, 0.1) is 16.0 Å². The summed E-state index contributed by atoms with van der Waals surface area (Å²) in [5.41, 5.74) is 2.77. The van der Waals surface area contributed by atoms with Gasteiger partial charge in [0.05, 0.1) is 30.3 Å². The van der Waals surface area contributed by atoms with Crippen LogP contribution in [0.3, 0.4) is 0 Å². The summed E-state index contributed by atoms with van der Waals surface area (Å²) in [5.74, 6) is 0.587. The fraction of sp³-hybridized carbons (Fsp3) is 0.448. The standard InChI is InChI=1S/C29H34N2O6/c32-29(35-19-7-1-2-8-20-37-31(33)34)28(23-10-3-4-11-23)24-14-17-26(18-15-24)36-21-25-16-13-22-9-5-6-12-27(22)30-25/h5-6,9,12-18,23,28H,1-4,7-8,10-11,19-21H2/t28-/m1/s1. The number of carbonyl (C=O) groups excluding carboxylic acids is 1. The van der Waals surface area contributed by atoms with Crippen molar-refractivity contribution < 1.29 is 24.2 Å². The van der Waals surface area contributed by atoms with E-state index >= 15 is 0 Å². The van der Waals surface area contributed by atoms with Crippen LogP contribution >= 0.6 is 0 Å². The minimum atomic E-state index is -0.772. The van der Waals surface area contributed by atoms with Crippen molar-refractivity contribution in [2.24, 2.45) is 5.92 Å². The molecule has 1 atom stereocenters. The molecule has 1 aliphatic carbocycles. The summed E-state index contributed by atoms with van der Waals surface area (Å²) in [5, 5.41) is 10.5. The third-order valence-electron chi connectivity index (χ3n) is 6.89. The summed E-state index contributed by atoms with van der Waals surface area (Å²) < 4.78 is 11.6. The summed E-state index contributed by atoms with van der Waals surface area (Å²) >= 11 is 0. The van der Waals surface area contributed by atoms with Gasteiger partial charge in [0.2, 0.25) is 0 Å². The zero-order chi connectivity index (χ0) is 25.9. The first-order valence-corrected chi connectivity index (χ1v) is 13.1. The van der Waals surface area contributed by atoms with Crippen LogP contribution in [-0.2, 0) is 21.0 Å². The first-order valence-electron chi connectivity index (χ1n) is 13.1. The Bertz CT molecular complexity index is 1160. The van der Waals surface area contributed by atoms with E-state index in [2.05, 4.69) is 9.82 Å². The van der Waals surface area contributed by atoms with Crippen LogP contribution < -0.4 is 4.74 Å². The monoisotopic (exact) mass is 506 g/mol. The van der Waals surface area contributed by atoms with E-state index in [0.29, 0.717) is 25.6 Å². The van der Waals surface area contributed by atoms with Crippen LogP contribution in [0.1, 0.15) is 68.5 Å². The Morgan fingerprint density at radius 3 is 2.43 bits per heavy atom. The number of carbonyl (C=O) groups is 1. The largest absolute Gasteiger partial charge is 0.487 e. The van der Waals surface area contributed by atoms with Crippen molar-refractivity contribution in [1.29, 1.82) is 0 Å². The van der Waals surface area contributed by atoms with Crippen molar-refractivity contribution in [3.8, 4) is 5.75 Å². The third kappa shape index (κ3) is 7.90. The van der Waals surface area contributed by atoms with Gasteiger partial charge in [-0.3, -0.25) is 4.79 Å². The molecular formula is C29H34N2O6. The zero-order valence-electron chi connectivity index (χ0n) is 21.1. The van der Waals surface area contributed by atoms with Crippen molar-refractivity contribution in [3.63, 3.8) is 0 Å². The number of rotatable bonds is 14. The Hall–Kier alpha value is -3.68. The zero-order valence-corrected chi connectivity index (χ0v) is 21.1. The van der Waals surface area contributed by atoms with Gasteiger partial charge in [0.1, 0.15) is 12.4 Å². The van der Waals surface area contributed by atoms with Crippen LogP contribution in [0.15, 0.2) is 60.7 Å². The number of hydrogen-bond acceptors (Lipinski definition) is 7. The summed E-state index contributed by atoms with van der Waals surface area (Å²) in [6, 6.07) is 19.8. The topological polar surface area (TPSA) is 101 Å². The second-order valence-corrected chi connectivity index (χ2v) is 9.51. The molecular weight excluding hydrogens is 472 g/mol. The molecule has 37 heavy (non-hydrogen) atoms. The molecule has 3 aromatic rings. The average molecular weight is 507 g/mol. The number of para-hydroxylation sites is 1. The minimum absolute atomic E-state index is 0.106. The molecule has 1 heterocycles. The highest BCUT2D eigenvalue weighted by molar-refractivity contribution is 5.79. The number of benzene rings is 2. The van der Waals surface area contributed by atoms with E-state index < -0.39 is 5.09 Å². The molecule has 0 amide bonds. The highest BCUT2D eigenvalue weighted by Crippen LogP contribution is 2.38. The number of aromatic nitrogens is 1. The second kappa shape index (κ2) is 13.6. The van der Waals surface area contributed by atoms with Gasteiger partial charge in [-0.25, -0.2) is 4.98 Å². The molecule has 8 nitrogen and oxygen atoms in total. The molecule has 0 spiro atoms. The molecule has 1 aromatic heterocycles. The summed E-state index contributed by atoms with van der Waals surface area (Å²) in [6.45, 7) is 0.837. The summed E-state index contributed by atoms with van der Waals surface area (Å²) in [6.07, 6.45) is 7.32. The van der Waals surface area contributed by atoms with E-state index in [0.717, 1.165) is 72.9 Å². The number of unbranched alkanes of at least 4 members (excludes halogenated alkanes) is 3. The molecule has 2 aromatic carbocycles. The lowest BCUT2D eigenvalue weighted by Gasteiger charge is -2.22. The minimum Gasteiger partial charge on any atom is -0.487 e. The van der Waals surface area contributed by atoms with E-state index in [9.17, 15) is 14.9 Å². The van der Waals surface area contributed by atoms with Gasteiger partial charge in [0.25, 0.3) is 5.09 Å². The molecule has 0 aliphatic heterocycles. The van der Waals surface area contributed by atoms with Crippen LogP contribution in [0.2, 0.25) is 0 Å². The Balaban J connectivity index is 1.28. The number of fused-ring (bicyclic) bond motifs is 1. The van der Waals surface area contributed by atoms with Crippen molar-refractivity contribution in [3.05, 3.63) is 82.0 Å².